The van der Waals surface area contributed by atoms with E-state index in [1.54, 1.807) is 16.9 Å². The summed E-state index contributed by atoms with van der Waals surface area (Å²) in [5.41, 5.74) is 0.00903. The lowest BCUT2D eigenvalue weighted by atomic mass is 9.44. The first-order valence-corrected chi connectivity index (χ1v) is 13.6. The lowest BCUT2D eigenvalue weighted by molar-refractivity contribution is -0.205. The van der Waals surface area contributed by atoms with E-state index < -0.39 is 34.6 Å². The van der Waals surface area contributed by atoms with E-state index >= 15 is 4.39 Å². The molecule has 0 aliphatic heterocycles. The topological polar surface area (TPSA) is 68.0 Å². The van der Waals surface area contributed by atoms with Crippen LogP contribution in [-0.2, 0) is 11.2 Å². The summed E-state index contributed by atoms with van der Waals surface area (Å²) in [5, 5.41) is 15.8. The van der Waals surface area contributed by atoms with Gasteiger partial charge in [0.1, 0.15) is 11.7 Å². The molecule has 4 aliphatic rings. The van der Waals surface area contributed by atoms with Crippen LogP contribution in [0.5, 0.6) is 0 Å². The van der Waals surface area contributed by atoms with E-state index in [0.29, 0.717) is 43.1 Å². The molecule has 7 atom stereocenters. The molecule has 0 aromatic carbocycles. The van der Waals surface area contributed by atoms with Crippen LogP contribution in [-0.4, -0.2) is 42.8 Å². The summed E-state index contributed by atoms with van der Waals surface area (Å²) in [6.45, 7) is 3.93. The number of hydrogen-bond donors (Lipinski definition) is 1. The Labute approximate surface area is 212 Å². The van der Waals surface area contributed by atoms with Crippen molar-refractivity contribution >= 4 is 23.0 Å². The number of allylic oxidation sites excluding steroid dienone is 1. The van der Waals surface area contributed by atoms with Crippen molar-refractivity contribution in [1.82, 2.24) is 14.8 Å². The molecule has 3 fully saturated rings. The van der Waals surface area contributed by atoms with Gasteiger partial charge in [0.05, 0.1) is 29.9 Å². The molecular weight excluding hydrogens is 487 g/mol. The molecule has 192 valence electrons. The molecule has 2 aromatic heterocycles. The normalized spacial score (nSPS) is 39.0. The first-order chi connectivity index (χ1) is 17.1. The Balaban J connectivity index is 1.37. The molecule has 1 unspecified atom stereocenters. The number of aliphatic hydroxyl groups excluding tert-OH is 1. The second-order valence-corrected chi connectivity index (χ2v) is 12.3. The van der Waals surface area contributed by atoms with Crippen molar-refractivity contribution in [2.24, 2.45) is 28.6 Å². The molecule has 0 amide bonds. The maximum atomic E-state index is 17.6. The minimum Gasteiger partial charge on any atom is -0.390 e. The van der Waals surface area contributed by atoms with Crippen LogP contribution in [0.4, 0.5) is 13.2 Å². The molecule has 6 rings (SSSR count). The minimum absolute atomic E-state index is 0.0344. The smallest absolute Gasteiger partial charge is 0.212 e. The van der Waals surface area contributed by atoms with Gasteiger partial charge in [0.15, 0.2) is 5.12 Å². The molecule has 0 radical (unpaired) electrons. The van der Waals surface area contributed by atoms with Gasteiger partial charge in [-0.3, -0.25) is 4.79 Å². The van der Waals surface area contributed by atoms with Gasteiger partial charge in [0.2, 0.25) is 5.95 Å². The fourth-order valence-corrected chi connectivity index (χ4v) is 8.99. The Morgan fingerprint density at radius 3 is 2.75 bits per heavy atom. The molecule has 36 heavy (non-hydrogen) atoms. The molecule has 3 saturated carbocycles. The highest BCUT2D eigenvalue weighted by Gasteiger charge is 2.71. The average Bonchev–Trinajstić information content (AvgIpc) is 3.39. The number of thioether (sulfide) groups is 1. The van der Waals surface area contributed by atoms with Gasteiger partial charge in [-0.2, -0.15) is 9.49 Å². The van der Waals surface area contributed by atoms with Gasteiger partial charge in [-0.15, -0.1) is 0 Å². The van der Waals surface area contributed by atoms with E-state index in [0.717, 1.165) is 23.3 Å². The molecule has 5 nitrogen and oxygen atoms in total. The number of carbonyl (C=O) groups is 1. The number of aliphatic hydroxyl groups is 1. The predicted octanol–water partition coefficient (Wildman–Crippen LogP) is 5.45. The Bertz CT molecular complexity index is 1250. The van der Waals surface area contributed by atoms with Crippen molar-refractivity contribution in [3.63, 3.8) is 0 Å². The van der Waals surface area contributed by atoms with Crippen LogP contribution >= 0.6 is 11.8 Å². The maximum absolute atomic E-state index is 17.6. The lowest BCUT2D eigenvalue weighted by Gasteiger charge is -2.62. The zero-order valence-electron chi connectivity index (χ0n) is 20.4. The van der Waals surface area contributed by atoms with Crippen LogP contribution in [0.15, 0.2) is 30.1 Å². The van der Waals surface area contributed by atoms with Gasteiger partial charge >= 0.3 is 0 Å². The van der Waals surface area contributed by atoms with Crippen LogP contribution < -0.4 is 0 Å². The third-order valence-electron chi connectivity index (χ3n) is 10.0. The zero-order valence-corrected chi connectivity index (χ0v) is 21.2. The highest BCUT2D eigenvalue weighted by atomic mass is 32.2. The van der Waals surface area contributed by atoms with Crippen LogP contribution in [0, 0.1) is 34.5 Å². The molecule has 0 bridgehead atoms. The van der Waals surface area contributed by atoms with Crippen molar-refractivity contribution in [3.8, 4) is 5.69 Å². The molecule has 9 heteroatoms. The van der Waals surface area contributed by atoms with E-state index in [4.69, 9.17) is 0 Å². The average molecular weight is 518 g/mol. The number of nitrogens with zero attached hydrogens (tertiary/aromatic N) is 3. The van der Waals surface area contributed by atoms with Crippen LogP contribution in [0.25, 0.3) is 11.8 Å². The highest BCUT2D eigenvalue weighted by Crippen LogP contribution is 2.69. The first-order valence-electron chi connectivity index (χ1n) is 12.6. The maximum Gasteiger partial charge on any atom is 0.212 e. The molecule has 4 aliphatic carbocycles. The Morgan fingerprint density at radius 1 is 1.22 bits per heavy atom. The fourth-order valence-electron chi connectivity index (χ4n) is 8.29. The largest absolute Gasteiger partial charge is 0.390 e. The number of fused-ring (bicyclic) bond motifs is 6. The van der Waals surface area contributed by atoms with Gasteiger partial charge < -0.3 is 5.11 Å². The zero-order chi connectivity index (χ0) is 25.5. The number of carbonyl (C=O) groups excluding carboxylic acids is 1. The second kappa shape index (κ2) is 8.18. The van der Waals surface area contributed by atoms with Gasteiger partial charge in [-0.25, -0.2) is 18.4 Å². The van der Waals surface area contributed by atoms with Gasteiger partial charge in [-0.1, -0.05) is 31.2 Å². The summed E-state index contributed by atoms with van der Waals surface area (Å²) in [6, 6.07) is 2.14. The standard InChI is InChI=1S/C27H30F3N3O2S/c1-25-11-22(34)27(30)19(18(25)6-7-20(25)24(35)36-14-28)5-3-16-9-21-15(10-26(16,27)2)12-32-33(21)17-4-8-23(29)31-13-17/h4,8-9,12-13,18-20,22,34H,3,5-7,10-11,14H2,1-2H3/t18-,19-,20?,22-,25+,26-,27-/m0/s1. The summed E-state index contributed by atoms with van der Waals surface area (Å²) in [7, 11) is 0. The van der Waals surface area contributed by atoms with Crippen molar-refractivity contribution < 1.29 is 23.1 Å². The third kappa shape index (κ3) is 3.11. The van der Waals surface area contributed by atoms with Gasteiger partial charge in [-0.05, 0) is 73.6 Å². The summed E-state index contributed by atoms with van der Waals surface area (Å²) < 4.78 is 45.6. The van der Waals surface area contributed by atoms with Crippen LogP contribution in [0.2, 0.25) is 0 Å². The van der Waals surface area contributed by atoms with E-state index in [-0.39, 0.29) is 29.3 Å². The number of aromatic nitrogens is 3. The first kappa shape index (κ1) is 24.2. The fraction of sp³-hybridized carbons (Fsp3) is 0.593. The summed E-state index contributed by atoms with van der Waals surface area (Å²) in [5.74, 6) is -1.33. The van der Waals surface area contributed by atoms with Crippen LogP contribution in [0.1, 0.15) is 57.2 Å². The van der Waals surface area contributed by atoms with Crippen LogP contribution in [0.3, 0.4) is 0 Å². The quantitative estimate of drug-likeness (QED) is 0.548. The summed E-state index contributed by atoms with van der Waals surface area (Å²) in [4.78, 5) is 16.5. The van der Waals surface area contributed by atoms with E-state index in [1.807, 2.05) is 19.9 Å². The minimum atomic E-state index is -1.84. The van der Waals surface area contributed by atoms with Crippen molar-refractivity contribution in [2.75, 3.05) is 6.01 Å². The Hall–Kier alpha value is -2.13. The SMILES string of the molecule is C[C@@]12C[C@H](O)[C@@]3(F)[C@@H](CCC4=Cc5c(cnn5-c5ccc(F)nc5)C[C@@]43C)[C@@H]1CCC2C(=O)SCF. The third-order valence-corrected chi connectivity index (χ3v) is 10.7. The molecule has 2 heterocycles. The number of halogens is 3. The van der Waals surface area contributed by atoms with Crippen molar-refractivity contribution in [1.29, 1.82) is 0 Å². The van der Waals surface area contributed by atoms with Crippen molar-refractivity contribution in [3.05, 3.63) is 47.3 Å². The lowest BCUT2D eigenvalue weighted by Crippen LogP contribution is -2.67. The van der Waals surface area contributed by atoms with E-state index in [2.05, 4.69) is 10.1 Å². The van der Waals surface area contributed by atoms with Crippen molar-refractivity contribution in [2.45, 2.75) is 64.1 Å². The summed E-state index contributed by atoms with van der Waals surface area (Å²) >= 11 is 0.699. The summed E-state index contributed by atoms with van der Waals surface area (Å²) in [6.07, 6.45) is 7.14. The molecule has 1 N–H and O–H groups in total. The Morgan fingerprint density at radius 2 is 2.03 bits per heavy atom. The van der Waals surface area contributed by atoms with Gasteiger partial charge in [0, 0.05) is 17.3 Å². The number of rotatable bonds is 3. The number of pyridine rings is 1. The molecule has 0 saturated heterocycles. The molecule has 2 aromatic rings. The van der Waals surface area contributed by atoms with Gasteiger partial charge in [0.25, 0.3) is 0 Å². The number of alkyl halides is 2. The van der Waals surface area contributed by atoms with E-state index in [9.17, 15) is 18.7 Å². The highest BCUT2D eigenvalue weighted by molar-refractivity contribution is 8.13. The number of hydrogen-bond acceptors (Lipinski definition) is 5. The molecule has 0 spiro atoms. The van der Waals surface area contributed by atoms with E-state index in [1.165, 1.54) is 12.3 Å². The molecular formula is C27H30F3N3O2S. The Kier molecular flexibility index (Phi) is 5.51. The predicted molar refractivity (Wildman–Crippen MR) is 131 cm³/mol. The second-order valence-electron chi connectivity index (χ2n) is 11.4. The monoisotopic (exact) mass is 517 g/mol.